The van der Waals surface area contributed by atoms with E-state index in [4.69, 9.17) is 21.5 Å². The summed E-state index contributed by atoms with van der Waals surface area (Å²) in [5, 5.41) is 11.5. The number of carbonyl (C=O) groups excluding carboxylic acids is 1. The average Bonchev–Trinajstić information content (AvgIpc) is 2.46. The topological polar surface area (TPSA) is 114 Å². The molecule has 0 aliphatic heterocycles. The number of nitrogen functional groups attached to an aromatic ring is 2. The summed E-state index contributed by atoms with van der Waals surface area (Å²) in [5.74, 6) is 0.0382. The first-order valence-corrected chi connectivity index (χ1v) is 6.09. The molecule has 0 saturated heterocycles. The Morgan fingerprint density at radius 3 is 2.43 bits per heavy atom. The standard InChI is InChI=1S/C15H14N4O2/c1-21-14-4-9(8-16)2-3-13(14)19-15(20)10-5-11(17)7-12(18)6-10/h2-7H,17-18H2,1H3,(H,19,20). The first kappa shape index (κ1) is 14.2. The van der Waals surface area contributed by atoms with E-state index in [-0.39, 0.29) is 5.91 Å². The van der Waals surface area contributed by atoms with Crippen molar-refractivity contribution in [2.24, 2.45) is 0 Å². The Balaban J connectivity index is 2.29. The molecule has 0 aromatic heterocycles. The molecular weight excluding hydrogens is 268 g/mol. The van der Waals surface area contributed by atoms with E-state index in [1.54, 1.807) is 24.3 Å². The zero-order valence-electron chi connectivity index (χ0n) is 11.4. The number of anilines is 3. The predicted molar refractivity (Wildman–Crippen MR) is 80.9 cm³/mol. The van der Waals surface area contributed by atoms with Crippen LogP contribution in [-0.2, 0) is 0 Å². The quantitative estimate of drug-likeness (QED) is 0.745. The minimum Gasteiger partial charge on any atom is -0.495 e. The molecule has 2 aromatic carbocycles. The van der Waals surface area contributed by atoms with Gasteiger partial charge in [0.15, 0.2) is 0 Å². The van der Waals surface area contributed by atoms with Crippen molar-refractivity contribution in [3.8, 4) is 11.8 Å². The Hall–Kier alpha value is -3.20. The fourth-order valence-corrected chi connectivity index (χ4v) is 1.87. The van der Waals surface area contributed by atoms with E-state index in [0.717, 1.165) is 0 Å². The Morgan fingerprint density at radius 2 is 1.86 bits per heavy atom. The molecule has 0 bridgehead atoms. The van der Waals surface area contributed by atoms with Crippen molar-refractivity contribution in [3.05, 3.63) is 47.5 Å². The van der Waals surface area contributed by atoms with Crippen LogP contribution in [0.5, 0.6) is 5.75 Å². The van der Waals surface area contributed by atoms with Crippen molar-refractivity contribution >= 4 is 23.0 Å². The van der Waals surface area contributed by atoms with Gasteiger partial charge >= 0.3 is 0 Å². The lowest BCUT2D eigenvalue weighted by molar-refractivity contribution is 0.102. The van der Waals surface area contributed by atoms with E-state index in [1.807, 2.05) is 6.07 Å². The molecule has 2 rings (SSSR count). The van der Waals surface area contributed by atoms with E-state index < -0.39 is 0 Å². The lowest BCUT2D eigenvalue weighted by atomic mass is 10.1. The number of nitriles is 1. The smallest absolute Gasteiger partial charge is 0.255 e. The van der Waals surface area contributed by atoms with Crippen molar-refractivity contribution in [2.75, 3.05) is 23.9 Å². The summed E-state index contributed by atoms with van der Waals surface area (Å²) < 4.78 is 5.16. The summed E-state index contributed by atoms with van der Waals surface area (Å²) in [4.78, 5) is 12.2. The van der Waals surface area contributed by atoms with Crippen molar-refractivity contribution in [1.82, 2.24) is 0 Å². The van der Waals surface area contributed by atoms with Crippen LogP contribution in [-0.4, -0.2) is 13.0 Å². The first-order chi connectivity index (χ1) is 10.0. The summed E-state index contributed by atoms with van der Waals surface area (Å²) in [7, 11) is 1.46. The van der Waals surface area contributed by atoms with Gasteiger partial charge in [-0.3, -0.25) is 4.79 Å². The van der Waals surface area contributed by atoms with E-state index in [1.165, 1.54) is 19.2 Å². The fourth-order valence-electron chi connectivity index (χ4n) is 1.87. The molecule has 0 radical (unpaired) electrons. The lowest BCUT2D eigenvalue weighted by Crippen LogP contribution is -2.13. The monoisotopic (exact) mass is 282 g/mol. The predicted octanol–water partition coefficient (Wildman–Crippen LogP) is 1.98. The number of nitrogens with two attached hydrogens (primary N) is 2. The molecule has 2 aromatic rings. The van der Waals surface area contributed by atoms with Gasteiger partial charge in [-0.25, -0.2) is 0 Å². The van der Waals surface area contributed by atoms with Gasteiger partial charge < -0.3 is 21.5 Å². The molecule has 0 spiro atoms. The van der Waals surface area contributed by atoms with Gasteiger partial charge in [0.2, 0.25) is 0 Å². The Morgan fingerprint density at radius 1 is 1.19 bits per heavy atom. The minimum absolute atomic E-state index is 0.346. The third kappa shape index (κ3) is 3.22. The third-order valence-corrected chi connectivity index (χ3v) is 2.82. The van der Waals surface area contributed by atoms with Crippen LogP contribution >= 0.6 is 0 Å². The molecule has 5 N–H and O–H groups in total. The SMILES string of the molecule is COc1cc(C#N)ccc1NC(=O)c1cc(N)cc(N)c1. The van der Waals surface area contributed by atoms with Crippen LogP contribution in [0.1, 0.15) is 15.9 Å². The van der Waals surface area contributed by atoms with Gasteiger partial charge in [0.1, 0.15) is 5.75 Å². The van der Waals surface area contributed by atoms with Gasteiger partial charge in [-0.15, -0.1) is 0 Å². The van der Waals surface area contributed by atoms with Gasteiger partial charge in [0.25, 0.3) is 5.91 Å². The summed E-state index contributed by atoms with van der Waals surface area (Å²) in [6.45, 7) is 0. The Labute approximate surface area is 121 Å². The highest BCUT2D eigenvalue weighted by Crippen LogP contribution is 2.26. The Kier molecular flexibility index (Phi) is 3.95. The highest BCUT2D eigenvalue weighted by atomic mass is 16.5. The molecule has 0 unspecified atom stereocenters. The number of methoxy groups -OCH3 is 1. The molecule has 106 valence electrons. The van der Waals surface area contributed by atoms with Crippen molar-refractivity contribution < 1.29 is 9.53 Å². The number of nitrogens with zero attached hydrogens (tertiary/aromatic N) is 1. The summed E-state index contributed by atoms with van der Waals surface area (Å²) in [6.07, 6.45) is 0. The van der Waals surface area contributed by atoms with Crippen LogP contribution < -0.4 is 21.5 Å². The minimum atomic E-state index is -0.364. The summed E-state index contributed by atoms with van der Waals surface area (Å²) in [5.41, 5.74) is 13.4. The number of rotatable bonds is 3. The Bertz CT molecular complexity index is 715. The summed E-state index contributed by atoms with van der Waals surface area (Å²) >= 11 is 0. The summed E-state index contributed by atoms with van der Waals surface area (Å²) in [6, 6.07) is 11.4. The average molecular weight is 282 g/mol. The number of hydrogen-bond donors (Lipinski definition) is 3. The largest absolute Gasteiger partial charge is 0.495 e. The van der Waals surface area contributed by atoms with Crippen molar-refractivity contribution in [1.29, 1.82) is 5.26 Å². The molecular formula is C15H14N4O2. The zero-order chi connectivity index (χ0) is 15.4. The normalized spacial score (nSPS) is 9.71. The molecule has 0 aliphatic carbocycles. The van der Waals surface area contributed by atoms with Crippen LogP contribution in [0.3, 0.4) is 0 Å². The number of carbonyl (C=O) groups is 1. The van der Waals surface area contributed by atoms with Crippen LogP contribution in [0.2, 0.25) is 0 Å². The number of amides is 1. The van der Waals surface area contributed by atoms with Gasteiger partial charge in [-0.1, -0.05) is 0 Å². The van der Waals surface area contributed by atoms with Gasteiger partial charge in [0, 0.05) is 23.0 Å². The third-order valence-electron chi connectivity index (χ3n) is 2.82. The molecule has 6 heteroatoms. The van der Waals surface area contributed by atoms with E-state index in [9.17, 15) is 4.79 Å². The van der Waals surface area contributed by atoms with Crippen molar-refractivity contribution in [3.63, 3.8) is 0 Å². The van der Waals surface area contributed by atoms with Gasteiger partial charge in [0.05, 0.1) is 24.4 Å². The molecule has 0 saturated carbocycles. The van der Waals surface area contributed by atoms with Crippen molar-refractivity contribution in [2.45, 2.75) is 0 Å². The lowest BCUT2D eigenvalue weighted by Gasteiger charge is -2.11. The maximum absolute atomic E-state index is 12.2. The first-order valence-electron chi connectivity index (χ1n) is 6.09. The van der Waals surface area contributed by atoms with Gasteiger partial charge in [-0.2, -0.15) is 5.26 Å². The number of nitrogens with one attached hydrogen (secondary N) is 1. The zero-order valence-corrected chi connectivity index (χ0v) is 11.4. The number of hydrogen-bond acceptors (Lipinski definition) is 5. The molecule has 0 atom stereocenters. The van der Waals surface area contributed by atoms with E-state index >= 15 is 0 Å². The molecule has 21 heavy (non-hydrogen) atoms. The molecule has 6 nitrogen and oxygen atoms in total. The van der Waals surface area contributed by atoms with Crippen LogP contribution in [0.15, 0.2) is 36.4 Å². The highest BCUT2D eigenvalue weighted by Gasteiger charge is 2.11. The molecule has 0 aliphatic rings. The molecule has 0 heterocycles. The van der Waals surface area contributed by atoms with Crippen LogP contribution in [0.4, 0.5) is 17.1 Å². The van der Waals surface area contributed by atoms with Crippen LogP contribution in [0.25, 0.3) is 0 Å². The van der Waals surface area contributed by atoms with Crippen LogP contribution in [0, 0.1) is 11.3 Å². The maximum atomic E-state index is 12.2. The van der Waals surface area contributed by atoms with Gasteiger partial charge in [-0.05, 0) is 30.3 Å². The number of benzene rings is 2. The highest BCUT2D eigenvalue weighted by molar-refractivity contribution is 6.06. The van der Waals surface area contributed by atoms with E-state index in [2.05, 4.69) is 5.32 Å². The number of ether oxygens (including phenoxy) is 1. The van der Waals surface area contributed by atoms with E-state index in [0.29, 0.717) is 33.9 Å². The maximum Gasteiger partial charge on any atom is 0.255 e. The second kappa shape index (κ2) is 5.84. The second-order valence-electron chi connectivity index (χ2n) is 4.37. The second-order valence-corrected chi connectivity index (χ2v) is 4.37. The molecule has 0 fully saturated rings. The fraction of sp³-hybridized carbons (Fsp3) is 0.0667. The molecule has 1 amide bonds.